The van der Waals surface area contributed by atoms with Crippen molar-refractivity contribution in [1.82, 2.24) is 15.0 Å². The van der Waals surface area contributed by atoms with Crippen LogP contribution in [0.3, 0.4) is 0 Å². The van der Waals surface area contributed by atoms with Gasteiger partial charge < -0.3 is 15.2 Å². The molecular weight excluding hydrogens is 327 g/mol. The molecule has 2 aromatic rings. The molecule has 2 aliphatic carbocycles. The van der Waals surface area contributed by atoms with Crippen molar-refractivity contribution in [2.75, 3.05) is 12.8 Å². The number of nitrogens with zero attached hydrogens (tertiary/aromatic N) is 3. The van der Waals surface area contributed by atoms with Crippen LogP contribution in [0.15, 0.2) is 24.4 Å². The normalized spacial score (nSPS) is 27.0. The highest BCUT2D eigenvalue weighted by atomic mass is 19.1. The van der Waals surface area contributed by atoms with E-state index in [1.165, 1.54) is 25.3 Å². The van der Waals surface area contributed by atoms with Crippen molar-refractivity contribution in [1.29, 1.82) is 0 Å². The van der Waals surface area contributed by atoms with Gasteiger partial charge in [-0.15, -0.1) is 5.10 Å². The number of esters is 1. The number of ether oxygens (including phenoxy) is 2. The zero-order chi connectivity index (χ0) is 17.6. The van der Waals surface area contributed by atoms with Crippen LogP contribution in [0.5, 0.6) is 5.75 Å². The number of carbonyl (C=O) groups excluding carboxylic acids is 1. The third kappa shape index (κ3) is 2.61. The van der Waals surface area contributed by atoms with Crippen molar-refractivity contribution in [2.24, 2.45) is 11.3 Å². The first kappa shape index (κ1) is 15.9. The summed E-state index contributed by atoms with van der Waals surface area (Å²) < 4.78 is 25.5. The molecule has 0 saturated heterocycles. The Morgan fingerprint density at radius 1 is 1.52 bits per heavy atom. The van der Waals surface area contributed by atoms with Crippen LogP contribution in [0.1, 0.15) is 31.0 Å². The van der Waals surface area contributed by atoms with Gasteiger partial charge in [-0.05, 0) is 37.3 Å². The predicted octanol–water partition coefficient (Wildman–Crippen LogP) is 2.09. The van der Waals surface area contributed by atoms with E-state index < -0.39 is 5.82 Å². The van der Waals surface area contributed by atoms with E-state index in [1.807, 2.05) is 6.20 Å². The molecule has 2 N–H and O–H groups in total. The van der Waals surface area contributed by atoms with Gasteiger partial charge in [-0.2, -0.15) is 0 Å². The highest BCUT2D eigenvalue weighted by Gasteiger charge is 2.67. The fourth-order valence-corrected chi connectivity index (χ4v) is 3.92. The summed E-state index contributed by atoms with van der Waals surface area (Å²) >= 11 is 0. The molecule has 132 valence electrons. The summed E-state index contributed by atoms with van der Waals surface area (Å²) in [6, 6.07) is 4.13. The zero-order valence-electron chi connectivity index (χ0n) is 13.8. The van der Waals surface area contributed by atoms with Crippen molar-refractivity contribution in [3.05, 3.63) is 35.9 Å². The second-order valence-electron chi connectivity index (χ2n) is 6.73. The molecule has 0 bridgehead atoms. The summed E-state index contributed by atoms with van der Waals surface area (Å²) in [4.78, 5) is 11.9. The fourth-order valence-electron chi connectivity index (χ4n) is 3.92. The summed E-state index contributed by atoms with van der Waals surface area (Å²) in [6.45, 7) is 0.146. The number of carbonyl (C=O) groups is 1. The number of nitrogens with two attached hydrogens (primary N) is 1. The average Bonchev–Trinajstić information content (AvgIpc) is 2.98. The number of halogens is 1. The predicted molar refractivity (Wildman–Crippen MR) is 86.0 cm³/mol. The lowest BCUT2D eigenvalue weighted by atomic mass is 10.1. The van der Waals surface area contributed by atoms with Gasteiger partial charge in [0.15, 0.2) is 0 Å². The Hall–Kier alpha value is -2.64. The lowest BCUT2D eigenvalue weighted by Gasteiger charge is -2.10. The highest BCUT2D eigenvalue weighted by Crippen LogP contribution is 2.67. The number of hydrogen-bond donors (Lipinski definition) is 1. The SMILES string of the molecule is COC(=O)[C@@]12CC[C@H](n3cc(COc4cc(F)ccc4N)nn3)[C@@H]1C2. The van der Waals surface area contributed by atoms with Crippen LogP contribution in [0.25, 0.3) is 0 Å². The van der Waals surface area contributed by atoms with Gasteiger partial charge >= 0.3 is 5.97 Å². The Morgan fingerprint density at radius 2 is 2.36 bits per heavy atom. The monoisotopic (exact) mass is 346 g/mol. The molecule has 2 aliphatic rings. The maximum Gasteiger partial charge on any atom is 0.312 e. The van der Waals surface area contributed by atoms with Gasteiger partial charge in [0.25, 0.3) is 0 Å². The van der Waals surface area contributed by atoms with Gasteiger partial charge in [-0.25, -0.2) is 9.07 Å². The Bertz CT molecular complexity index is 824. The number of fused-ring (bicyclic) bond motifs is 1. The van der Waals surface area contributed by atoms with Gasteiger partial charge in [0.05, 0.1) is 30.5 Å². The van der Waals surface area contributed by atoms with Gasteiger partial charge in [0, 0.05) is 6.07 Å². The second-order valence-corrected chi connectivity index (χ2v) is 6.73. The third-order valence-corrected chi connectivity index (χ3v) is 5.33. The number of anilines is 1. The smallest absolute Gasteiger partial charge is 0.312 e. The molecule has 1 aromatic carbocycles. The van der Waals surface area contributed by atoms with Crippen molar-refractivity contribution < 1.29 is 18.7 Å². The van der Waals surface area contributed by atoms with Crippen LogP contribution >= 0.6 is 0 Å². The van der Waals surface area contributed by atoms with E-state index in [0.29, 0.717) is 11.4 Å². The van der Waals surface area contributed by atoms with E-state index in [2.05, 4.69) is 10.3 Å². The van der Waals surface area contributed by atoms with Gasteiger partial charge in [-0.1, -0.05) is 5.21 Å². The Morgan fingerprint density at radius 3 is 3.12 bits per heavy atom. The molecule has 2 fully saturated rings. The molecule has 0 aliphatic heterocycles. The molecule has 3 atom stereocenters. The lowest BCUT2D eigenvalue weighted by Crippen LogP contribution is -2.17. The molecular formula is C17H19FN4O3. The molecule has 8 heteroatoms. The van der Waals surface area contributed by atoms with Crippen molar-refractivity contribution in [2.45, 2.75) is 31.9 Å². The minimum atomic E-state index is -0.410. The summed E-state index contributed by atoms with van der Waals surface area (Å²) in [5, 5.41) is 8.28. The van der Waals surface area contributed by atoms with E-state index in [4.69, 9.17) is 15.2 Å². The molecule has 0 radical (unpaired) electrons. The summed E-state index contributed by atoms with van der Waals surface area (Å²) in [7, 11) is 1.43. The summed E-state index contributed by atoms with van der Waals surface area (Å²) in [5.74, 6) is 0.00791. The van der Waals surface area contributed by atoms with Crippen molar-refractivity contribution in [3.63, 3.8) is 0 Å². The van der Waals surface area contributed by atoms with E-state index in [-0.39, 0.29) is 35.7 Å². The maximum absolute atomic E-state index is 13.3. The molecule has 0 amide bonds. The van der Waals surface area contributed by atoms with Crippen LogP contribution in [-0.4, -0.2) is 28.1 Å². The summed E-state index contributed by atoms with van der Waals surface area (Å²) in [5.41, 5.74) is 6.43. The van der Waals surface area contributed by atoms with E-state index in [1.54, 1.807) is 4.68 Å². The maximum atomic E-state index is 13.3. The van der Waals surface area contributed by atoms with Crippen molar-refractivity contribution >= 4 is 11.7 Å². The Kier molecular flexibility index (Phi) is 3.63. The van der Waals surface area contributed by atoms with E-state index >= 15 is 0 Å². The van der Waals surface area contributed by atoms with Crippen LogP contribution in [0, 0.1) is 17.2 Å². The average molecular weight is 346 g/mol. The van der Waals surface area contributed by atoms with Crippen molar-refractivity contribution in [3.8, 4) is 5.75 Å². The van der Waals surface area contributed by atoms with Crippen LogP contribution in [0.4, 0.5) is 10.1 Å². The number of rotatable bonds is 5. The quantitative estimate of drug-likeness (QED) is 0.658. The molecule has 4 rings (SSSR count). The third-order valence-electron chi connectivity index (χ3n) is 5.33. The minimum Gasteiger partial charge on any atom is -0.485 e. The lowest BCUT2D eigenvalue weighted by molar-refractivity contribution is -0.147. The Labute approximate surface area is 143 Å². The molecule has 0 spiro atoms. The first-order valence-corrected chi connectivity index (χ1v) is 8.20. The highest BCUT2D eigenvalue weighted by molar-refractivity contribution is 5.81. The topological polar surface area (TPSA) is 92.3 Å². The number of methoxy groups -OCH3 is 1. The first-order chi connectivity index (χ1) is 12.0. The molecule has 25 heavy (non-hydrogen) atoms. The fraction of sp³-hybridized carbons (Fsp3) is 0.471. The van der Waals surface area contributed by atoms with Gasteiger partial charge in [0.1, 0.15) is 23.9 Å². The standard InChI is InChI=1S/C17H19FN4O3/c1-24-16(23)17-5-4-14(12(17)7-17)22-8-11(20-21-22)9-25-15-6-10(18)2-3-13(15)19/h2-3,6,8,12,14H,4-5,7,9,19H2,1H3/t12-,14-,17+/m0/s1. The largest absolute Gasteiger partial charge is 0.485 e. The minimum absolute atomic E-state index is 0.120. The molecule has 1 heterocycles. The number of nitrogen functional groups attached to an aromatic ring is 1. The van der Waals surface area contributed by atoms with E-state index in [0.717, 1.165) is 19.3 Å². The second kappa shape index (κ2) is 5.72. The molecule has 7 nitrogen and oxygen atoms in total. The van der Waals surface area contributed by atoms with Gasteiger partial charge in [-0.3, -0.25) is 4.79 Å². The van der Waals surface area contributed by atoms with Crippen LogP contribution in [-0.2, 0) is 16.1 Å². The molecule has 1 aromatic heterocycles. The van der Waals surface area contributed by atoms with E-state index in [9.17, 15) is 9.18 Å². The molecule has 0 unspecified atom stereocenters. The number of aromatic nitrogens is 3. The van der Waals surface area contributed by atoms with Crippen LogP contribution in [0.2, 0.25) is 0 Å². The van der Waals surface area contributed by atoms with Gasteiger partial charge in [0.2, 0.25) is 0 Å². The first-order valence-electron chi connectivity index (χ1n) is 8.20. The number of benzene rings is 1. The van der Waals surface area contributed by atoms with Crippen LogP contribution < -0.4 is 10.5 Å². The summed E-state index contributed by atoms with van der Waals surface area (Å²) in [6.07, 6.45) is 4.35. The number of hydrogen-bond acceptors (Lipinski definition) is 6. The molecule has 2 saturated carbocycles. The Balaban J connectivity index is 1.42. The zero-order valence-corrected chi connectivity index (χ0v) is 13.8.